The van der Waals surface area contributed by atoms with Gasteiger partial charge in [-0.1, -0.05) is 19.9 Å². The van der Waals surface area contributed by atoms with Gasteiger partial charge in [0.05, 0.1) is 5.69 Å². The molecule has 1 aromatic rings. The van der Waals surface area contributed by atoms with Gasteiger partial charge in [0.1, 0.15) is 5.82 Å². The van der Waals surface area contributed by atoms with E-state index in [-0.39, 0.29) is 11.8 Å². The Bertz CT molecular complexity index is 422. The minimum absolute atomic E-state index is 0.0219. The van der Waals surface area contributed by atoms with Gasteiger partial charge < -0.3 is 10.6 Å². The Morgan fingerprint density at radius 2 is 2.20 bits per heavy atom. The number of nitrogens with one attached hydrogen (secondary N) is 2. The summed E-state index contributed by atoms with van der Waals surface area (Å²) in [5, 5.41) is 5.96. The maximum absolute atomic E-state index is 11.5. The minimum atomic E-state index is -0.0219. The third kappa shape index (κ3) is 5.57. The van der Waals surface area contributed by atoms with Crippen LogP contribution in [0.25, 0.3) is 0 Å². The van der Waals surface area contributed by atoms with Gasteiger partial charge in [-0.15, -0.1) is 0 Å². The molecule has 1 rings (SSSR count). The molecule has 1 heterocycles. The van der Waals surface area contributed by atoms with Crippen molar-refractivity contribution in [3.05, 3.63) is 23.9 Å². The van der Waals surface area contributed by atoms with E-state index in [9.17, 15) is 4.79 Å². The fourth-order valence-electron chi connectivity index (χ4n) is 2.06. The summed E-state index contributed by atoms with van der Waals surface area (Å²) in [5.41, 5.74) is 1.01. The monoisotopic (exact) mass is 278 g/mol. The first-order valence-electron chi connectivity index (χ1n) is 7.16. The maximum Gasteiger partial charge on any atom is 0.223 e. The van der Waals surface area contributed by atoms with Gasteiger partial charge in [0.15, 0.2) is 0 Å². The number of carbonyl (C=O) groups is 1. The van der Waals surface area contributed by atoms with Gasteiger partial charge in [0.2, 0.25) is 5.91 Å². The third-order valence-corrected chi connectivity index (χ3v) is 3.07. The molecule has 0 aliphatic carbocycles. The van der Waals surface area contributed by atoms with Crippen LogP contribution in [0.5, 0.6) is 0 Å². The molecule has 0 radical (unpaired) electrons. The highest BCUT2D eigenvalue weighted by atomic mass is 16.1. The van der Waals surface area contributed by atoms with Crippen LogP contribution in [0.3, 0.4) is 0 Å². The molecule has 0 saturated carbocycles. The Kier molecular flexibility index (Phi) is 7.01. The summed E-state index contributed by atoms with van der Waals surface area (Å²) in [6.07, 6.45) is 1.08. The van der Waals surface area contributed by atoms with Crippen molar-refractivity contribution < 1.29 is 4.79 Å². The number of carbonyl (C=O) groups excluding carboxylic acids is 1. The van der Waals surface area contributed by atoms with Crippen molar-refractivity contribution in [3.63, 3.8) is 0 Å². The summed E-state index contributed by atoms with van der Waals surface area (Å²) in [7, 11) is 3.68. The second kappa shape index (κ2) is 8.53. The molecule has 1 atom stereocenters. The predicted octanol–water partition coefficient (Wildman–Crippen LogP) is 1.72. The summed E-state index contributed by atoms with van der Waals surface area (Å²) >= 11 is 0. The number of nitrogens with zero attached hydrogens (tertiary/aromatic N) is 2. The van der Waals surface area contributed by atoms with Gasteiger partial charge in [-0.05, 0) is 25.6 Å². The van der Waals surface area contributed by atoms with E-state index in [0.29, 0.717) is 6.54 Å². The average molecular weight is 278 g/mol. The van der Waals surface area contributed by atoms with Crippen molar-refractivity contribution in [2.24, 2.45) is 5.92 Å². The van der Waals surface area contributed by atoms with Crippen LogP contribution in [0.4, 0.5) is 5.82 Å². The van der Waals surface area contributed by atoms with Gasteiger partial charge in [0, 0.05) is 32.6 Å². The largest absolute Gasteiger partial charge is 0.370 e. The number of hydrogen-bond donors (Lipinski definition) is 2. The number of amides is 1. The molecule has 0 fully saturated rings. The van der Waals surface area contributed by atoms with Crippen molar-refractivity contribution in [3.8, 4) is 0 Å². The van der Waals surface area contributed by atoms with E-state index in [2.05, 4.69) is 27.4 Å². The van der Waals surface area contributed by atoms with Crippen LogP contribution in [0.1, 0.15) is 26.0 Å². The van der Waals surface area contributed by atoms with Crippen LogP contribution in [0.2, 0.25) is 0 Å². The molecule has 20 heavy (non-hydrogen) atoms. The molecular weight excluding hydrogens is 252 g/mol. The number of rotatable bonds is 8. The zero-order valence-electron chi connectivity index (χ0n) is 12.9. The topological polar surface area (TPSA) is 57.3 Å². The molecule has 0 bridgehead atoms. The Morgan fingerprint density at radius 3 is 2.85 bits per heavy atom. The Hall–Kier alpha value is -1.62. The predicted molar refractivity (Wildman–Crippen MR) is 82.6 cm³/mol. The van der Waals surface area contributed by atoms with Crippen molar-refractivity contribution in [1.82, 2.24) is 15.2 Å². The first-order chi connectivity index (χ1) is 9.56. The van der Waals surface area contributed by atoms with Crippen molar-refractivity contribution >= 4 is 11.7 Å². The highest BCUT2D eigenvalue weighted by Gasteiger charge is 2.14. The molecule has 5 heteroatoms. The lowest BCUT2D eigenvalue weighted by molar-refractivity contribution is -0.124. The van der Waals surface area contributed by atoms with Gasteiger partial charge in [-0.2, -0.15) is 0 Å². The summed E-state index contributed by atoms with van der Waals surface area (Å²) in [6, 6.07) is 6.00. The maximum atomic E-state index is 11.5. The lowest BCUT2D eigenvalue weighted by Crippen LogP contribution is -2.34. The van der Waals surface area contributed by atoms with Gasteiger partial charge in [0.25, 0.3) is 0 Å². The number of anilines is 1. The summed E-state index contributed by atoms with van der Waals surface area (Å²) in [5.74, 6) is 0.965. The van der Waals surface area contributed by atoms with Gasteiger partial charge >= 0.3 is 0 Å². The zero-order chi connectivity index (χ0) is 15.0. The van der Waals surface area contributed by atoms with Crippen LogP contribution in [-0.4, -0.2) is 43.0 Å². The minimum Gasteiger partial charge on any atom is -0.370 e. The first kappa shape index (κ1) is 16.4. The number of pyridine rings is 1. The second-order valence-corrected chi connectivity index (χ2v) is 5.15. The summed E-state index contributed by atoms with van der Waals surface area (Å²) in [4.78, 5) is 18.2. The number of aromatic nitrogens is 1. The Morgan fingerprint density at radius 1 is 1.45 bits per heavy atom. The second-order valence-electron chi connectivity index (χ2n) is 5.15. The quantitative estimate of drug-likeness (QED) is 0.760. The fraction of sp³-hybridized carbons (Fsp3) is 0.600. The van der Waals surface area contributed by atoms with Crippen LogP contribution in [0, 0.1) is 5.92 Å². The Labute approximate surface area is 121 Å². The smallest absolute Gasteiger partial charge is 0.223 e. The third-order valence-electron chi connectivity index (χ3n) is 3.07. The summed E-state index contributed by atoms with van der Waals surface area (Å²) in [6.45, 7) is 6.45. The van der Waals surface area contributed by atoms with E-state index >= 15 is 0 Å². The van der Waals surface area contributed by atoms with Crippen LogP contribution in [-0.2, 0) is 11.3 Å². The molecule has 112 valence electrons. The Balaban J connectivity index is 2.52. The fourth-order valence-corrected chi connectivity index (χ4v) is 2.06. The van der Waals surface area contributed by atoms with E-state index in [1.807, 2.05) is 32.2 Å². The van der Waals surface area contributed by atoms with E-state index in [0.717, 1.165) is 31.0 Å². The van der Waals surface area contributed by atoms with E-state index in [1.165, 1.54) is 0 Å². The normalized spacial score (nSPS) is 12.2. The molecular formula is C15H26N4O. The van der Waals surface area contributed by atoms with Crippen molar-refractivity contribution in [2.75, 3.05) is 32.5 Å². The highest BCUT2D eigenvalue weighted by molar-refractivity contribution is 5.78. The van der Waals surface area contributed by atoms with E-state index < -0.39 is 0 Å². The SMILES string of the molecule is CCCNc1cccc(CN(C)CC(C)C(=O)NC)n1. The zero-order valence-corrected chi connectivity index (χ0v) is 12.9. The van der Waals surface area contributed by atoms with Gasteiger partial charge in [-0.25, -0.2) is 4.98 Å². The molecule has 1 aromatic heterocycles. The molecule has 1 unspecified atom stereocenters. The average Bonchev–Trinajstić information content (AvgIpc) is 2.44. The molecule has 0 aromatic carbocycles. The summed E-state index contributed by atoms with van der Waals surface area (Å²) < 4.78 is 0. The molecule has 1 amide bonds. The molecule has 5 nitrogen and oxygen atoms in total. The van der Waals surface area contributed by atoms with E-state index in [4.69, 9.17) is 0 Å². The first-order valence-corrected chi connectivity index (χ1v) is 7.16. The highest BCUT2D eigenvalue weighted by Crippen LogP contribution is 2.08. The van der Waals surface area contributed by atoms with E-state index in [1.54, 1.807) is 7.05 Å². The lowest BCUT2D eigenvalue weighted by atomic mass is 10.1. The molecule has 0 spiro atoms. The van der Waals surface area contributed by atoms with Gasteiger partial charge in [-0.3, -0.25) is 9.69 Å². The molecule has 0 aliphatic rings. The lowest BCUT2D eigenvalue weighted by Gasteiger charge is -2.20. The number of hydrogen-bond acceptors (Lipinski definition) is 4. The van der Waals surface area contributed by atoms with Crippen LogP contribution in [0.15, 0.2) is 18.2 Å². The van der Waals surface area contributed by atoms with Crippen molar-refractivity contribution in [1.29, 1.82) is 0 Å². The molecule has 0 aliphatic heterocycles. The standard InChI is InChI=1S/C15H26N4O/c1-5-9-17-14-8-6-7-13(18-14)11-19(4)10-12(2)15(20)16-3/h6-8,12H,5,9-11H2,1-4H3,(H,16,20)(H,17,18). The molecule has 2 N–H and O–H groups in total. The van der Waals surface area contributed by atoms with Crippen LogP contribution < -0.4 is 10.6 Å². The molecule has 0 saturated heterocycles. The van der Waals surface area contributed by atoms with Crippen LogP contribution >= 0.6 is 0 Å². The van der Waals surface area contributed by atoms with Crippen molar-refractivity contribution in [2.45, 2.75) is 26.8 Å².